The molecule has 2 N–H and O–H groups in total. The van der Waals surface area contributed by atoms with E-state index in [1.807, 2.05) is 32.9 Å². The number of nitrogens with one attached hydrogen (secondary N) is 2. The lowest BCUT2D eigenvalue weighted by Crippen LogP contribution is -2.33. The Hall–Kier alpha value is -2.93. The molecule has 0 fully saturated rings. The predicted molar refractivity (Wildman–Crippen MR) is 99.7 cm³/mol. The van der Waals surface area contributed by atoms with Gasteiger partial charge in [-0.25, -0.2) is 0 Å². The third kappa shape index (κ3) is 4.58. The minimum Gasteiger partial charge on any atom is -0.343 e. The standard InChI is InChI=1S/C18H18ClN3O4/c1-10-6-11(2)17(12(3)7-10)21-16(23)9-20-18(24)14-8-13(19)4-5-15(14)22(25)26/h4-8H,9H2,1-3H3,(H,20,24)(H,21,23). The molecule has 0 spiro atoms. The van der Waals surface area contributed by atoms with Crippen molar-refractivity contribution in [2.45, 2.75) is 20.8 Å². The lowest BCUT2D eigenvalue weighted by molar-refractivity contribution is -0.385. The van der Waals surface area contributed by atoms with Gasteiger partial charge < -0.3 is 10.6 Å². The van der Waals surface area contributed by atoms with Crippen molar-refractivity contribution in [3.8, 4) is 0 Å². The van der Waals surface area contributed by atoms with Gasteiger partial charge in [-0.3, -0.25) is 19.7 Å². The van der Waals surface area contributed by atoms with E-state index in [1.165, 1.54) is 12.1 Å². The number of aryl methyl sites for hydroxylation is 3. The van der Waals surface area contributed by atoms with Crippen molar-refractivity contribution in [2.24, 2.45) is 0 Å². The van der Waals surface area contributed by atoms with E-state index in [0.29, 0.717) is 5.69 Å². The van der Waals surface area contributed by atoms with E-state index < -0.39 is 16.7 Å². The molecule has 0 aliphatic carbocycles. The lowest BCUT2D eigenvalue weighted by atomic mass is 10.1. The van der Waals surface area contributed by atoms with E-state index in [1.54, 1.807) is 0 Å². The smallest absolute Gasteiger partial charge is 0.282 e. The molecule has 7 nitrogen and oxygen atoms in total. The van der Waals surface area contributed by atoms with E-state index in [4.69, 9.17) is 11.6 Å². The molecule has 0 unspecified atom stereocenters. The highest BCUT2D eigenvalue weighted by Gasteiger charge is 2.21. The minimum atomic E-state index is -0.744. The molecule has 0 bridgehead atoms. The highest BCUT2D eigenvalue weighted by atomic mass is 35.5. The molecule has 0 saturated heterocycles. The summed E-state index contributed by atoms with van der Waals surface area (Å²) in [4.78, 5) is 34.7. The van der Waals surface area contributed by atoms with Crippen LogP contribution in [0.1, 0.15) is 27.0 Å². The molecule has 0 radical (unpaired) electrons. The first kappa shape index (κ1) is 19.4. The van der Waals surface area contributed by atoms with Crippen LogP contribution in [-0.2, 0) is 4.79 Å². The zero-order valence-corrected chi connectivity index (χ0v) is 15.3. The Labute approximate surface area is 155 Å². The van der Waals surface area contributed by atoms with E-state index >= 15 is 0 Å². The van der Waals surface area contributed by atoms with Crippen LogP contribution in [0.25, 0.3) is 0 Å². The molecule has 2 aromatic rings. The van der Waals surface area contributed by atoms with Crippen LogP contribution in [0.4, 0.5) is 11.4 Å². The zero-order valence-electron chi connectivity index (χ0n) is 14.6. The fourth-order valence-corrected chi connectivity index (χ4v) is 2.84. The summed E-state index contributed by atoms with van der Waals surface area (Å²) >= 11 is 5.80. The first-order chi connectivity index (χ1) is 12.2. The molecule has 0 aromatic heterocycles. The highest BCUT2D eigenvalue weighted by molar-refractivity contribution is 6.31. The van der Waals surface area contributed by atoms with Gasteiger partial charge in [-0.05, 0) is 44.0 Å². The van der Waals surface area contributed by atoms with Gasteiger partial charge in [0, 0.05) is 16.8 Å². The maximum Gasteiger partial charge on any atom is 0.282 e. The number of carbonyl (C=O) groups is 2. The molecule has 26 heavy (non-hydrogen) atoms. The first-order valence-corrected chi connectivity index (χ1v) is 8.16. The summed E-state index contributed by atoms with van der Waals surface area (Å²) in [6.07, 6.45) is 0. The maximum absolute atomic E-state index is 12.2. The maximum atomic E-state index is 12.2. The Balaban J connectivity index is 2.08. The third-order valence-corrected chi connectivity index (χ3v) is 3.99. The summed E-state index contributed by atoms with van der Waals surface area (Å²) in [5, 5.41) is 16.3. The average molecular weight is 376 g/mol. The lowest BCUT2D eigenvalue weighted by Gasteiger charge is -2.13. The van der Waals surface area contributed by atoms with E-state index in [2.05, 4.69) is 10.6 Å². The van der Waals surface area contributed by atoms with Crippen LogP contribution in [0.3, 0.4) is 0 Å². The second-order valence-electron chi connectivity index (χ2n) is 5.92. The Morgan fingerprint density at radius 2 is 1.73 bits per heavy atom. The number of carbonyl (C=O) groups excluding carboxylic acids is 2. The summed E-state index contributed by atoms with van der Waals surface area (Å²) in [5.74, 6) is -1.18. The van der Waals surface area contributed by atoms with Gasteiger partial charge in [-0.2, -0.15) is 0 Å². The third-order valence-electron chi connectivity index (χ3n) is 3.75. The van der Waals surface area contributed by atoms with Crippen LogP contribution in [0.5, 0.6) is 0 Å². The highest BCUT2D eigenvalue weighted by Crippen LogP contribution is 2.23. The van der Waals surface area contributed by atoms with Gasteiger partial charge in [-0.15, -0.1) is 0 Å². The second-order valence-corrected chi connectivity index (χ2v) is 6.36. The van der Waals surface area contributed by atoms with Gasteiger partial charge in [0.1, 0.15) is 5.56 Å². The fraction of sp³-hybridized carbons (Fsp3) is 0.222. The summed E-state index contributed by atoms with van der Waals surface area (Å²) in [7, 11) is 0. The quantitative estimate of drug-likeness (QED) is 0.616. The number of benzene rings is 2. The number of rotatable bonds is 5. The van der Waals surface area contributed by atoms with Crippen molar-refractivity contribution in [1.29, 1.82) is 0 Å². The van der Waals surface area contributed by atoms with Crippen molar-refractivity contribution in [1.82, 2.24) is 5.32 Å². The molecule has 0 saturated carbocycles. The minimum absolute atomic E-state index is 0.191. The average Bonchev–Trinajstić information content (AvgIpc) is 2.55. The van der Waals surface area contributed by atoms with Crippen LogP contribution in [0.2, 0.25) is 5.02 Å². The number of nitro benzene ring substituents is 1. The fourth-order valence-electron chi connectivity index (χ4n) is 2.67. The van der Waals surface area contributed by atoms with Gasteiger partial charge in [-0.1, -0.05) is 29.3 Å². The van der Waals surface area contributed by atoms with Crippen LogP contribution >= 0.6 is 11.6 Å². The van der Waals surface area contributed by atoms with Crippen molar-refractivity contribution in [3.05, 3.63) is 67.7 Å². The number of amides is 2. The molecule has 0 heterocycles. The molecule has 0 aliphatic heterocycles. The summed E-state index contributed by atoms with van der Waals surface area (Å²) in [5.41, 5.74) is 3.01. The number of anilines is 1. The van der Waals surface area contributed by atoms with E-state index in [0.717, 1.165) is 22.8 Å². The van der Waals surface area contributed by atoms with Crippen molar-refractivity contribution in [2.75, 3.05) is 11.9 Å². The molecule has 2 aromatic carbocycles. The van der Waals surface area contributed by atoms with Crippen LogP contribution < -0.4 is 10.6 Å². The van der Waals surface area contributed by atoms with Crippen LogP contribution in [-0.4, -0.2) is 23.3 Å². The Bertz CT molecular complexity index is 873. The van der Waals surface area contributed by atoms with Gasteiger partial charge in [0.2, 0.25) is 5.91 Å². The second kappa shape index (κ2) is 7.97. The van der Waals surface area contributed by atoms with E-state index in [-0.39, 0.29) is 22.8 Å². The normalized spacial score (nSPS) is 10.3. The topological polar surface area (TPSA) is 101 Å². The number of nitrogens with zero attached hydrogens (tertiary/aromatic N) is 1. The van der Waals surface area contributed by atoms with Crippen molar-refractivity contribution < 1.29 is 14.5 Å². The van der Waals surface area contributed by atoms with Gasteiger partial charge in [0.05, 0.1) is 11.5 Å². The van der Waals surface area contributed by atoms with Gasteiger partial charge in [0.15, 0.2) is 0 Å². The largest absolute Gasteiger partial charge is 0.343 e. The Morgan fingerprint density at radius 1 is 1.12 bits per heavy atom. The van der Waals surface area contributed by atoms with Gasteiger partial charge >= 0.3 is 0 Å². The SMILES string of the molecule is Cc1cc(C)c(NC(=O)CNC(=O)c2cc(Cl)ccc2[N+](=O)[O-])c(C)c1. The number of nitro groups is 1. The number of hydrogen-bond acceptors (Lipinski definition) is 4. The van der Waals surface area contributed by atoms with Crippen molar-refractivity contribution >= 4 is 34.8 Å². The molecular formula is C18H18ClN3O4. The zero-order chi connectivity index (χ0) is 19.4. The Kier molecular flexibility index (Phi) is 5.94. The number of halogens is 1. The van der Waals surface area contributed by atoms with Crippen LogP contribution in [0.15, 0.2) is 30.3 Å². The molecule has 8 heteroatoms. The molecule has 0 aliphatic rings. The number of hydrogen-bond donors (Lipinski definition) is 2. The van der Waals surface area contributed by atoms with Crippen LogP contribution in [0, 0.1) is 30.9 Å². The predicted octanol–water partition coefficient (Wildman–Crippen LogP) is 3.54. The molecule has 2 amide bonds. The summed E-state index contributed by atoms with van der Waals surface area (Å²) < 4.78 is 0. The molecule has 136 valence electrons. The first-order valence-electron chi connectivity index (χ1n) is 7.79. The van der Waals surface area contributed by atoms with Gasteiger partial charge in [0.25, 0.3) is 11.6 Å². The monoisotopic (exact) mass is 375 g/mol. The summed E-state index contributed by atoms with van der Waals surface area (Å²) in [6.45, 7) is 5.39. The summed E-state index contributed by atoms with van der Waals surface area (Å²) in [6, 6.07) is 7.55. The molecule has 0 atom stereocenters. The Morgan fingerprint density at radius 3 is 2.31 bits per heavy atom. The molecule has 2 rings (SSSR count). The molecular weight excluding hydrogens is 358 g/mol. The van der Waals surface area contributed by atoms with Crippen molar-refractivity contribution in [3.63, 3.8) is 0 Å². The van der Waals surface area contributed by atoms with E-state index in [9.17, 15) is 19.7 Å².